The quantitative estimate of drug-likeness (QED) is 0.209. The first-order valence-electron chi connectivity index (χ1n) is 17.5. The summed E-state index contributed by atoms with van der Waals surface area (Å²) in [7, 11) is 4.54. The molecule has 43 heavy (non-hydrogen) atoms. The SMILES string of the molecule is C[C@H](CCC(=O)NCCC[N+](C)(C)CCc1ccccc1)[C@H]1CCC2C3C(O)CC4C[C@H](O)CC[C@]4(C)C3C[C@H](O)[C@@]21C. The number of carbonyl (C=O) groups excluding carboxylic acids is 1. The average Bonchev–Trinajstić information content (AvgIpc) is 3.33. The smallest absolute Gasteiger partial charge is 0.220 e. The second kappa shape index (κ2) is 13.1. The number of aliphatic hydroxyl groups excluding tert-OH is 3. The van der Waals surface area contributed by atoms with Crippen LogP contribution in [0, 0.1) is 46.3 Å². The minimum atomic E-state index is -0.375. The summed E-state index contributed by atoms with van der Waals surface area (Å²) in [6.45, 7) is 9.83. The number of hydrogen-bond acceptors (Lipinski definition) is 4. The molecule has 5 rings (SSSR count). The van der Waals surface area contributed by atoms with Gasteiger partial charge in [-0.3, -0.25) is 4.79 Å². The lowest BCUT2D eigenvalue weighted by atomic mass is 9.43. The molecule has 4 N–H and O–H groups in total. The lowest BCUT2D eigenvalue weighted by Gasteiger charge is -2.63. The number of amides is 1. The maximum Gasteiger partial charge on any atom is 0.220 e. The summed E-state index contributed by atoms with van der Waals surface area (Å²) in [5.41, 5.74) is 1.27. The number of benzene rings is 1. The summed E-state index contributed by atoms with van der Waals surface area (Å²) in [6, 6.07) is 10.6. The first-order chi connectivity index (χ1) is 20.3. The number of quaternary nitrogens is 1. The summed E-state index contributed by atoms with van der Waals surface area (Å²) in [5, 5.41) is 36.9. The van der Waals surface area contributed by atoms with Crippen LogP contribution >= 0.6 is 0 Å². The first-order valence-corrected chi connectivity index (χ1v) is 17.5. The van der Waals surface area contributed by atoms with Crippen LogP contribution in [-0.2, 0) is 11.2 Å². The van der Waals surface area contributed by atoms with Crippen molar-refractivity contribution in [3.8, 4) is 0 Å². The Morgan fingerprint density at radius 2 is 1.74 bits per heavy atom. The number of hydrogen-bond donors (Lipinski definition) is 4. The molecule has 242 valence electrons. The lowest BCUT2D eigenvalue weighted by Crippen LogP contribution is -2.62. The van der Waals surface area contributed by atoms with Crippen LogP contribution in [-0.4, -0.2) is 77.8 Å². The van der Waals surface area contributed by atoms with Gasteiger partial charge in [0, 0.05) is 25.8 Å². The third-order valence-corrected chi connectivity index (χ3v) is 13.5. The van der Waals surface area contributed by atoms with E-state index in [9.17, 15) is 20.1 Å². The van der Waals surface area contributed by atoms with E-state index in [0.717, 1.165) is 88.3 Å². The van der Waals surface area contributed by atoms with Gasteiger partial charge in [0.25, 0.3) is 0 Å². The van der Waals surface area contributed by atoms with Gasteiger partial charge in [-0.15, -0.1) is 0 Å². The van der Waals surface area contributed by atoms with Crippen LogP contribution in [0.25, 0.3) is 0 Å². The summed E-state index contributed by atoms with van der Waals surface area (Å²) >= 11 is 0. The molecule has 11 atom stereocenters. The Kier molecular flexibility index (Phi) is 10.0. The predicted molar refractivity (Wildman–Crippen MR) is 172 cm³/mol. The molecule has 1 aromatic carbocycles. The molecular formula is C37H61N2O4+. The Labute approximate surface area is 261 Å². The number of carbonyl (C=O) groups is 1. The first kappa shape index (κ1) is 32.9. The summed E-state index contributed by atoms with van der Waals surface area (Å²) < 4.78 is 0.948. The molecule has 0 heterocycles. The Bertz CT molecular complexity index is 1080. The van der Waals surface area contributed by atoms with E-state index >= 15 is 0 Å². The maximum absolute atomic E-state index is 12.8. The molecule has 0 saturated heterocycles. The van der Waals surface area contributed by atoms with E-state index in [4.69, 9.17) is 0 Å². The largest absolute Gasteiger partial charge is 0.393 e. The number of rotatable bonds is 11. The minimum absolute atomic E-state index is 0.100. The van der Waals surface area contributed by atoms with Crippen molar-refractivity contribution in [2.75, 3.05) is 33.7 Å². The van der Waals surface area contributed by atoms with Gasteiger partial charge in [-0.05, 0) is 103 Å². The fraction of sp³-hybridized carbons (Fsp3) is 0.811. The molecule has 0 aliphatic heterocycles. The minimum Gasteiger partial charge on any atom is -0.393 e. The topological polar surface area (TPSA) is 89.8 Å². The molecule has 1 amide bonds. The highest BCUT2D eigenvalue weighted by Gasteiger charge is 2.65. The van der Waals surface area contributed by atoms with Crippen molar-refractivity contribution < 1.29 is 24.6 Å². The van der Waals surface area contributed by atoms with Crippen LogP contribution in [0.1, 0.15) is 90.5 Å². The zero-order valence-corrected chi connectivity index (χ0v) is 27.7. The second-order valence-electron chi connectivity index (χ2n) is 16.4. The highest BCUT2D eigenvalue weighted by molar-refractivity contribution is 5.75. The van der Waals surface area contributed by atoms with E-state index in [2.05, 4.69) is 70.5 Å². The standard InChI is InChI=1S/C37H60N2O4/c1-25(12-15-34(43)38-19-9-20-39(4,5)21-17-26-10-7-6-8-11-26)29-13-14-30-35-31(24-33(42)37(29,30)3)36(2)18-16-28(40)22-27(36)23-32(35)41/h6-8,10-11,25,27-33,35,40-42H,9,12-24H2,1-5H3/p+1/t25-,27?,28-,29-,30?,31?,32?,33+,35?,36+,37-/m1/s1. The zero-order chi connectivity index (χ0) is 31.0. The van der Waals surface area contributed by atoms with Gasteiger partial charge in [-0.1, -0.05) is 51.1 Å². The Morgan fingerprint density at radius 3 is 2.49 bits per heavy atom. The van der Waals surface area contributed by atoms with Gasteiger partial charge in [0.15, 0.2) is 0 Å². The van der Waals surface area contributed by atoms with E-state index in [-0.39, 0.29) is 41.0 Å². The monoisotopic (exact) mass is 597 g/mol. The summed E-state index contributed by atoms with van der Waals surface area (Å²) in [5.74, 6) is 2.10. The van der Waals surface area contributed by atoms with E-state index in [1.165, 1.54) is 5.56 Å². The molecular weight excluding hydrogens is 536 g/mol. The van der Waals surface area contributed by atoms with Gasteiger partial charge >= 0.3 is 0 Å². The van der Waals surface area contributed by atoms with Gasteiger partial charge in [0.05, 0.1) is 45.5 Å². The second-order valence-corrected chi connectivity index (χ2v) is 16.4. The van der Waals surface area contributed by atoms with Crippen LogP contribution in [0.4, 0.5) is 0 Å². The van der Waals surface area contributed by atoms with Crippen LogP contribution in [0.5, 0.6) is 0 Å². The third kappa shape index (κ3) is 6.73. The Morgan fingerprint density at radius 1 is 1.00 bits per heavy atom. The van der Waals surface area contributed by atoms with Crippen molar-refractivity contribution >= 4 is 5.91 Å². The zero-order valence-electron chi connectivity index (χ0n) is 27.7. The van der Waals surface area contributed by atoms with Gasteiger partial charge in [0.1, 0.15) is 0 Å². The summed E-state index contributed by atoms with van der Waals surface area (Å²) in [6.07, 6.45) is 8.80. The van der Waals surface area contributed by atoms with Gasteiger partial charge in [-0.2, -0.15) is 0 Å². The molecule has 4 fully saturated rings. The molecule has 0 bridgehead atoms. The van der Waals surface area contributed by atoms with E-state index < -0.39 is 0 Å². The fourth-order valence-electron chi connectivity index (χ4n) is 10.7. The lowest BCUT2D eigenvalue weighted by molar-refractivity contribution is -0.890. The van der Waals surface area contributed by atoms with E-state index in [0.29, 0.717) is 36.0 Å². The van der Waals surface area contributed by atoms with Crippen molar-refractivity contribution in [1.82, 2.24) is 5.32 Å². The molecule has 0 spiro atoms. The molecule has 5 unspecified atom stereocenters. The number of aliphatic hydroxyl groups is 3. The molecule has 4 aliphatic carbocycles. The predicted octanol–water partition coefficient (Wildman–Crippen LogP) is 5.19. The van der Waals surface area contributed by atoms with Crippen molar-refractivity contribution in [3.63, 3.8) is 0 Å². The molecule has 0 radical (unpaired) electrons. The fourth-order valence-corrected chi connectivity index (χ4v) is 10.7. The maximum atomic E-state index is 12.8. The number of nitrogens with one attached hydrogen (secondary N) is 1. The normalized spacial score (nSPS) is 39.8. The van der Waals surface area contributed by atoms with Crippen LogP contribution < -0.4 is 5.32 Å². The van der Waals surface area contributed by atoms with E-state index in [1.807, 2.05) is 0 Å². The van der Waals surface area contributed by atoms with E-state index in [1.54, 1.807) is 0 Å². The van der Waals surface area contributed by atoms with Gasteiger partial charge in [-0.25, -0.2) is 0 Å². The summed E-state index contributed by atoms with van der Waals surface area (Å²) in [4.78, 5) is 12.8. The van der Waals surface area contributed by atoms with Crippen molar-refractivity contribution in [1.29, 1.82) is 0 Å². The van der Waals surface area contributed by atoms with Crippen LogP contribution in [0.15, 0.2) is 30.3 Å². The molecule has 1 aromatic rings. The van der Waals surface area contributed by atoms with Crippen LogP contribution in [0.2, 0.25) is 0 Å². The van der Waals surface area contributed by atoms with Crippen molar-refractivity contribution in [2.45, 2.75) is 110 Å². The molecule has 6 nitrogen and oxygen atoms in total. The third-order valence-electron chi connectivity index (χ3n) is 13.5. The average molecular weight is 598 g/mol. The molecule has 4 saturated carbocycles. The highest BCUT2D eigenvalue weighted by atomic mass is 16.3. The Balaban J connectivity index is 1.10. The van der Waals surface area contributed by atoms with Crippen molar-refractivity contribution in [3.05, 3.63) is 35.9 Å². The van der Waals surface area contributed by atoms with Gasteiger partial charge < -0.3 is 25.1 Å². The van der Waals surface area contributed by atoms with Gasteiger partial charge in [0.2, 0.25) is 5.91 Å². The van der Waals surface area contributed by atoms with Crippen molar-refractivity contribution in [2.24, 2.45) is 46.3 Å². The molecule has 4 aliphatic rings. The highest BCUT2D eigenvalue weighted by Crippen LogP contribution is 2.68. The number of fused-ring (bicyclic) bond motifs is 5. The molecule has 6 heteroatoms. The number of nitrogens with zero attached hydrogens (tertiary/aromatic N) is 1. The Hall–Kier alpha value is -1.47. The van der Waals surface area contributed by atoms with Crippen LogP contribution in [0.3, 0.4) is 0 Å². The molecule has 0 aromatic heterocycles. The number of likely N-dealkylation sites (N-methyl/N-ethyl adjacent to an activating group) is 1.